The van der Waals surface area contributed by atoms with Gasteiger partial charge in [-0.25, -0.2) is 0 Å². The Morgan fingerprint density at radius 3 is 2.71 bits per heavy atom. The van der Waals surface area contributed by atoms with E-state index in [4.69, 9.17) is 5.73 Å². The molecule has 1 atom stereocenters. The zero-order valence-electron chi connectivity index (χ0n) is 10.7. The molecule has 17 heavy (non-hydrogen) atoms. The van der Waals surface area contributed by atoms with Crippen molar-refractivity contribution in [2.75, 3.05) is 13.2 Å². The van der Waals surface area contributed by atoms with E-state index in [1.165, 1.54) is 24.0 Å². The van der Waals surface area contributed by atoms with E-state index in [-0.39, 0.29) is 12.0 Å². The van der Waals surface area contributed by atoms with Crippen LogP contribution in [0.3, 0.4) is 0 Å². The lowest BCUT2D eigenvalue weighted by Crippen LogP contribution is -2.37. The van der Waals surface area contributed by atoms with Crippen molar-refractivity contribution in [3.8, 4) is 0 Å². The van der Waals surface area contributed by atoms with Crippen molar-refractivity contribution >= 4 is 0 Å². The molecule has 1 fully saturated rings. The van der Waals surface area contributed by atoms with Crippen LogP contribution < -0.4 is 5.73 Å². The van der Waals surface area contributed by atoms with Crippen LogP contribution in [0.25, 0.3) is 0 Å². The highest BCUT2D eigenvalue weighted by Gasteiger charge is 2.35. The minimum atomic E-state index is -0.102. The molecule has 2 heteroatoms. The molecule has 3 N–H and O–H groups in total. The van der Waals surface area contributed by atoms with E-state index >= 15 is 0 Å². The number of benzene rings is 1. The lowest BCUT2D eigenvalue weighted by Gasteiger charge is -2.31. The van der Waals surface area contributed by atoms with Gasteiger partial charge in [-0.2, -0.15) is 0 Å². The first-order chi connectivity index (χ1) is 8.17. The number of rotatable bonds is 6. The van der Waals surface area contributed by atoms with Gasteiger partial charge >= 0.3 is 0 Å². The molecule has 1 aromatic rings. The molecule has 0 bridgehead atoms. The molecule has 0 saturated heterocycles. The highest BCUT2D eigenvalue weighted by Crippen LogP contribution is 2.41. The third kappa shape index (κ3) is 3.30. The van der Waals surface area contributed by atoms with Gasteiger partial charge in [0.05, 0.1) is 6.61 Å². The number of aliphatic hydroxyl groups excluding tert-OH is 1. The SMILES string of the molecule is Cc1cccc(CC(CN)(CO)CC2CC2)c1. The van der Waals surface area contributed by atoms with E-state index in [0.29, 0.717) is 6.54 Å². The minimum Gasteiger partial charge on any atom is -0.396 e. The maximum Gasteiger partial charge on any atom is 0.0502 e. The fourth-order valence-corrected chi connectivity index (χ4v) is 2.60. The van der Waals surface area contributed by atoms with E-state index in [2.05, 4.69) is 31.2 Å². The van der Waals surface area contributed by atoms with Gasteiger partial charge in [0, 0.05) is 12.0 Å². The van der Waals surface area contributed by atoms with Crippen LogP contribution in [-0.4, -0.2) is 18.3 Å². The Morgan fingerprint density at radius 1 is 1.41 bits per heavy atom. The van der Waals surface area contributed by atoms with Crippen molar-refractivity contribution in [3.05, 3.63) is 35.4 Å². The Kier molecular flexibility index (Phi) is 3.85. The number of aryl methyl sites for hydroxylation is 1. The zero-order valence-corrected chi connectivity index (χ0v) is 10.7. The van der Waals surface area contributed by atoms with Crippen LogP contribution in [0.15, 0.2) is 24.3 Å². The third-order valence-corrected chi connectivity index (χ3v) is 3.85. The second-order valence-electron chi connectivity index (χ2n) is 5.68. The Balaban J connectivity index is 2.10. The van der Waals surface area contributed by atoms with E-state index in [9.17, 15) is 5.11 Å². The first-order valence-electron chi connectivity index (χ1n) is 6.54. The monoisotopic (exact) mass is 233 g/mol. The fraction of sp³-hybridized carbons (Fsp3) is 0.600. The second kappa shape index (κ2) is 5.19. The molecular weight excluding hydrogens is 210 g/mol. The van der Waals surface area contributed by atoms with Crippen molar-refractivity contribution in [1.29, 1.82) is 0 Å². The number of hydrogen-bond acceptors (Lipinski definition) is 2. The van der Waals surface area contributed by atoms with Crippen LogP contribution in [0.1, 0.15) is 30.4 Å². The van der Waals surface area contributed by atoms with Gasteiger partial charge in [-0.3, -0.25) is 0 Å². The summed E-state index contributed by atoms with van der Waals surface area (Å²) in [6.07, 6.45) is 4.61. The van der Waals surface area contributed by atoms with Crippen LogP contribution in [0, 0.1) is 18.3 Å². The van der Waals surface area contributed by atoms with Gasteiger partial charge in [0.2, 0.25) is 0 Å². The highest BCUT2D eigenvalue weighted by atomic mass is 16.3. The van der Waals surface area contributed by atoms with Crippen LogP contribution in [-0.2, 0) is 6.42 Å². The summed E-state index contributed by atoms with van der Waals surface area (Å²) in [4.78, 5) is 0. The molecule has 2 nitrogen and oxygen atoms in total. The van der Waals surface area contributed by atoms with Crippen molar-refractivity contribution in [3.63, 3.8) is 0 Å². The van der Waals surface area contributed by atoms with Gasteiger partial charge in [-0.1, -0.05) is 42.7 Å². The Hall–Kier alpha value is -0.860. The molecule has 0 aliphatic heterocycles. The van der Waals surface area contributed by atoms with Crippen LogP contribution in [0.5, 0.6) is 0 Å². The highest BCUT2D eigenvalue weighted by molar-refractivity contribution is 5.23. The van der Waals surface area contributed by atoms with Gasteiger partial charge in [0.25, 0.3) is 0 Å². The minimum absolute atomic E-state index is 0.102. The molecule has 1 aliphatic rings. The summed E-state index contributed by atoms with van der Waals surface area (Å²) in [6, 6.07) is 8.53. The number of hydrogen-bond donors (Lipinski definition) is 2. The van der Waals surface area contributed by atoms with Crippen molar-refractivity contribution < 1.29 is 5.11 Å². The Morgan fingerprint density at radius 2 is 2.18 bits per heavy atom. The average Bonchev–Trinajstić information content (AvgIpc) is 3.12. The Labute approximate surface area is 104 Å². The molecule has 1 unspecified atom stereocenters. The Bertz CT molecular complexity index is 367. The van der Waals surface area contributed by atoms with Crippen molar-refractivity contribution in [2.45, 2.75) is 32.6 Å². The van der Waals surface area contributed by atoms with Crippen molar-refractivity contribution in [2.24, 2.45) is 17.1 Å². The molecule has 2 rings (SSSR count). The first-order valence-corrected chi connectivity index (χ1v) is 6.54. The predicted octanol–water partition coefficient (Wildman–Crippen LogP) is 2.28. The smallest absolute Gasteiger partial charge is 0.0502 e. The van der Waals surface area contributed by atoms with Gasteiger partial charge in [-0.15, -0.1) is 0 Å². The van der Waals surface area contributed by atoms with E-state index in [0.717, 1.165) is 18.8 Å². The molecule has 1 saturated carbocycles. The summed E-state index contributed by atoms with van der Waals surface area (Å²) in [5.74, 6) is 0.801. The second-order valence-corrected chi connectivity index (χ2v) is 5.68. The largest absolute Gasteiger partial charge is 0.396 e. The molecule has 0 spiro atoms. The lowest BCUT2D eigenvalue weighted by atomic mass is 9.77. The van der Waals surface area contributed by atoms with Crippen molar-refractivity contribution in [1.82, 2.24) is 0 Å². The summed E-state index contributed by atoms with van der Waals surface area (Å²) in [6.45, 7) is 2.88. The maximum atomic E-state index is 9.70. The lowest BCUT2D eigenvalue weighted by molar-refractivity contribution is 0.115. The zero-order chi connectivity index (χ0) is 12.3. The summed E-state index contributed by atoms with van der Waals surface area (Å²) in [7, 11) is 0. The molecule has 0 radical (unpaired) electrons. The summed E-state index contributed by atoms with van der Waals surface area (Å²) in [5.41, 5.74) is 8.39. The predicted molar refractivity (Wildman–Crippen MR) is 70.8 cm³/mol. The number of nitrogens with two attached hydrogens (primary N) is 1. The van der Waals surface area contributed by atoms with E-state index in [1.54, 1.807) is 0 Å². The topological polar surface area (TPSA) is 46.2 Å². The first kappa shape index (κ1) is 12.6. The summed E-state index contributed by atoms with van der Waals surface area (Å²) < 4.78 is 0. The van der Waals surface area contributed by atoms with Gasteiger partial charge in [0.15, 0.2) is 0 Å². The fourth-order valence-electron chi connectivity index (χ4n) is 2.60. The molecule has 0 heterocycles. The van der Waals surface area contributed by atoms with Gasteiger partial charge < -0.3 is 10.8 Å². The standard InChI is InChI=1S/C15H23NO/c1-12-3-2-4-14(7-12)9-15(10-16,11-17)8-13-5-6-13/h2-4,7,13,17H,5-6,8-11,16H2,1H3. The molecule has 0 aromatic heterocycles. The number of aliphatic hydroxyl groups is 1. The molecule has 1 aromatic carbocycles. The molecule has 1 aliphatic carbocycles. The summed E-state index contributed by atoms with van der Waals surface area (Å²) in [5, 5.41) is 9.70. The maximum absolute atomic E-state index is 9.70. The van der Waals surface area contributed by atoms with Gasteiger partial charge in [0.1, 0.15) is 0 Å². The van der Waals surface area contributed by atoms with E-state index in [1.807, 2.05) is 0 Å². The molecule has 94 valence electrons. The van der Waals surface area contributed by atoms with Crippen LogP contribution in [0.2, 0.25) is 0 Å². The third-order valence-electron chi connectivity index (χ3n) is 3.85. The van der Waals surface area contributed by atoms with Gasteiger partial charge in [-0.05, 0) is 31.2 Å². The quantitative estimate of drug-likeness (QED) is 0.792. The van der Waals surface area contributed by atoms with Crippen LogP contribution in [0.4, 0.5) is 0 Å². The average molecular weight is 233 g/mol. The molecular formula is C15H23NO. The van der Waals surface area contributed by atoms with E-state index < -0.39 is 0 Å². The van der Waals surface area contributed by atoms with Crippen LogP contribution >= 0.6 is 0 Å². The molecule has 0 amide bonds. The summed E-state index contributed by atoms with van der Waals surface area (Å²) >= 11 is 0. The normalized spacial score (nSPS) is 19.0.